The molecule has 0 bridgehead atoms. The molecule has 0 aromatic rings. The lowest BCUT2D eigenvalue weighted by molar-refractivity contribution is -0.232. The van der Waals surface area contributed by atoms with Crippen LogP contribution in [-0.4, -0.2) is 70.6 Å². The molecule has 0 saturated carbocycles. The van der Waals surface area contributed by atoms with Crippen LogP contribution in [0.4, 0.5) is 0 Å². The quantitative estimate of drug-likeness (QED) is 0.345. The highest BCUT2D eigenvalue weighted by molar-refractivity contribution is 8.23. The molecule has 10 heteroatoms. The summed E-state index contributed by atoms with van der Waals surface area (Å²) in [5.41, 5.74) is 0. The number of thioether (sulfide) groups is 1. The molecule has 0 unspecified atom stereocenters. The second kappa shape index (κ2) is 11.5. The Morgan fingerprint density at radius 3 is 2.15 bits per heavy atom. The summed E-state index contributed by atoms with van der Waals surface area (Å²) in [7, 11) is 0. The number of hydrogen-bond donors (Lipinski definition) is 0. The number of esters is 3. The van der Waals surface area contributed by atoms with Crippen LogP contribution in [0.2, 0.25) is 0 Å². The topological polar surface area (TPSA) is 91.4 Å². The first-order valence-corrected chi connectivity index (χ1v) is 10.0. The highest BCUT2D eigenvalue weighted by Gasteiger charge is 2.44. The molecule has 154 valence electrons. The monoisotopic (exact) mass is 421 g/mol. The van der Waals surface area contributed by atoms with Gasteiger partial charge in [-0.3, -0.25) is 14.4 Å². The van der Waals surface area contributed by atoms with Crippen LogP contribution in [0.5, 0.6) is 0 Å². The number of ether oxygens (including phenoxy) is 4. The molecule has 1 heterocycles. The fourth-order valence-corrected chi connectivity index (χ4v) is 4.54. The summed E-state index contributed by atoms with van der Waals surface area (Å²) < 4.78 is 22.1. The normalized spacial score (nSPS) is 24.6. The van der Waals surface area contributed by atoms with Crippen LogP contribution >= 0.6 is 24.0 Å². The minimum atomic E-state index is -0.841. The molecule has 1 saturated heterocycles. The van der Waals surface area contributed by atoms with E-state index in [0.29, 0.717) is 10.7 Å². The van der Waals surface area contributed by atoms with Crippen molar-refractivity contribution in [3.63, 3.8) is 0 Å². The summed E-state index contributed by atoms with van der Waals surface area (Å²) >= 11 is 6.87. The number of nitrogens with zero attached hydrogens (tertiary/aromatic N) is 1. The maximum Gasteiger partial charge on any atom is 0.304 e. The van der Waals surface area contributed by atoms with Crippen LogP contribution in [0.3, 0.4) is 0 Å². The van der Waals surface area contributed by atoms with E-state index < -0.39 is 36.4 Å². The molecule has 1 aliphatic heterocycles. The summed E-state index contributed by atoms with van der Waals surface area (Å²) in [6.07, 6.45) is -2.02. The van der Waals surface area contributed by atoms with Gasteiger partial charge in [-0.05, 0) is 13.8 Å². The van der Waals surface area contributed by atoms with Gasteiger partial charge in [0.25, 0.3) is 0 Å². The summed E-state index contributed by atoms with van der Waals surface area (Å²) in [4.78, 5) is 36.2. The average Bonchev–Trinajstić information content (AvgIpc) is 2.55. The molecule has 8 nitrogen and oxygen atoms in total. The van der Waals surface area contributed by atoms with Gasteiger partial charge in [-0.25, -0.2) is 0 Å². The van der Waals surface area contributed by atoms with Gasteiger partial charge in [-0.15, -0.1) is 0 Å². The van der Waals surface area contributed by atoms with Gasteiger partial charge in [0, 0.05) is 40.3 Å². The van der Waals surface area contributed by atoms with Crippen molar-refractivity contribution in [2.24, 2.45) is 0 Å². The predicted molar refractivity (Wildman–Crippen MR) is 104 cm³/mol. The minimum Gasteiger partial charge on any atom is -0.463 e. The van der Waals surface area contributed by atoms with E-state index in [2.05, 4.69) is 0 Å². The lowest BCUT2D eigenvalue weighted by Crippen LogP contribution is -2.52. The minimum absolute atomic E-state index is 0.125. The van der Waals surface area contributed by atoms with Gasteiger partial charge >= 0.3 is 17.9 Å². The maximum absolute atomic E-state index is 11.6. The zero-order valence-corrected chi connectivity index (χ0v) is 17.9. The molecule has 0 aromatic carbocycles. The Bertz CT molecular complexity index is 553. The van der Waals surface area contributed by atoms with Crippen molar-refractivity contribution in [1.82, 2.24) is 4.90 Å². The molecule has 27 heavy (non-hydrogen) atoms. The molecule has 0 amide bonds. The van der Waals surface area contributed by atoms with Crippen molar-refractivity contribution in [1.29, 1.82) is 0 Å². The fourth-order valence-electron chi connectivity index (χ4n) is 2.63. The maximum atomic E-state index is 11.6. The largest absolute Gasteiger partial charge is 0.463 e. The van der Waals surface area contributed by atoms with E-state index >= 15 is 0 Å². The molecule has 1 fully saturated rings. The Morgan fingerprint density at radius 2 is 1.67 bits per heavy atom. The Labute approximate surface area is 169 Å². The average molecular weight is 422 g/mol. The van der Waals surface area contributed by atoms with Gasteiger partial charge in [-0.1, -0.05) is 24.0 Å². The zero-order chi connectivity index (χ0) is 20.6. The third-order valence-corrected chi connectivity index (χ3v) is 5.58. The van der Waals surface area contributed by atoms with Gasteiger partial charge in [0.1, 0.15) is 23.1 Å². The van der Waals surface area contributed by atoms with Gasteiger partial charge < -0.3 is 23.8 Å². The number of carbonyl (C=O) groups is 3. The standard InChI is InChI=1S/C17H27NO7S2/c1-6-18(7-2)17(26)27-14-8-15(23-11(4)20)25-13(9-22-10(3)19)16(14)24-12(5)21/h13-16H,6-9H2,1-5H3/t13-,14-,15+,16-/m1/s1. The third-order valence-electron chi connectivity index (χ3n) is 3.81. The van der Waals surface area contributed by atoms with Crippen molar-refractivity contribution >= 4 is 46.2 Å². The number of rotatable bonds is 7. The second-order valence-electron chi connectivity index (χ2n) is 5.92. The third kappa shape index (κ3) is 8.02. The number of hydrogen-bond acceptors (Lipinski definition) is 9. The van der Waals surface area contributed by atoms with E-state index in [1.165, 1.54) is 32.5 Å². The molecule has 0 spiro atoms. The molecule has 4 atom stereocenters. The van der Waals surface area contributed by atoms with Crippen LogP contribution in [0.15, 0.2) is 0 Å². The van der Waals surface area contributed by atoms with Crippen molar-refractivity contribution < 1.29 is 33.3 Å². The van der Waals surface area contributed by atoms with Gasteiger partial charge in [0.15, 0.2) is 0 Å². The molecule has 0 radical (unpaired) electrons. The molecule has 1 rings (SSSR count). The highest BCUT2D eigenvalue weighted by atomic mass is 32.2. The van der Waals surface area contributed by atoms with Crippen LogP contribution in [0.1, 0.15) is 41.0 Å². The summed E-state index contributed by atoms with van der Waals surface area (Å²) in [6, 6.07) is 0. The van der Waals surface area contributed by atoms with Crippen molar-refractivity contribution in [3.05, 3.63) is 0 Å². The van der Waals surface area contributed by atoms with Crippen molar-refractivity contribution in [2.75, 3.05) is 19.7 Å². The van der Waals surface area contributed by atoms with Crippen LogP contribution in [-0.2, 0) is 33.3 Å². The lowest BCUT2D eigenvalue weighted by atomic mass is 10.0. The number of carbonyl (C=O) groups excluding carboxylic acids is 3. The van der Waals surface area contributed by atoms with Gasteiger partial charge in [0.05, 0.1) is 5.25 Å². The Morgan fingerprint density at radius 1 is 1.07 bits per heavy atom. The first-order valence-electron chi connectivity index (χ1n) is 8.76. The first kappa shape index (κ1) is 23.6. The summed E-state index contributed by atoms with van der Waals surface area (Å²) in [5.74, 6) is -1.47. The molecule has 0 aliphatic carbocycles. The van der Waals surface area contributed by atoms with Crippen LogP contribution < -0.4 is 0 Å². The summed E-state index contributed by atoms with van der Waals surface area (Å²) in [6.45, 7) is 9.21. The van der Waals surface area contributed by atoms with E-state index in [9.17, 15) is 14.4 Å². The molecular weight excluding hydrogens is 394 g/mol. The van der Waals surface area contributed by atoms with E-state index in [1.807, 2.05) is 18.7 Å². The lowest BCUT2D eigenvalue weighted by Gasteiger charge is -2.40. The smallest absolute Gasteiger partial charge is 0.304 e. The van der Waals surface area contributed by atoms with Gasteiger partial charge in [-0.2, -0.15) is 0 Å². The van der Waals surface area contributed by atoms with Crippen molar-refractivity contribution in [3.8, 4) is 0 Å². The summed E-state index contributed by atoms with van der Waals surface area (Å²) in [5, 5.41) is -0.319. The van der Waals surface area contributed by atoms with Crippen LogP contribution in [0.25, 0.3) is 0 Å². The molecular formula is C17H27NO7S2. The Kier molecular flexibility index (Phi) is 10.0. The van der Waals surface area contributed by atoms with E-state index in [1.54, 1.807) is 0 Å². The zero-order valence-electron chi connectivity index (χ0n) is 16.3. The van der Waals surface area contributed by atoms with E-state index in [-0.39, 0.29) is 11.9 Å². The van der Waals surface area contributed by atoms with E-state index in [0.717, 1.165) is 13.1 Å². The van der Waals surface area contributed by atoms with Gasteiger partial charge in [0.2, 0.25) is 6.29 Å². The second-order valence-corrected chi connectivity index (χ2v) is 7.79. The number of thiocarbonyl (C=S) groups is 1. The fraction of sp³-hybridized carbons (Fsp3) is 0.765. The predicted octanol–water partition coefficient (Wildman–Crippen LogP) is 1.89. The highest BCUT2D eigenvalue weighted by Crippen LogP contribution is 2.34. The Balaban J connectivity index is 3.04. The first-order chi connectivity index (χ1) is 12.7. The van der Waals surface area contributed by atoms with E-state index in [4.69, 9.17) is 31.2 Å². The van der Waals surface area contributed by atoms with Crippen LogP contribution in [0, 0.1) is 0 Å². The molecule has 0 N–H and O–H groups in total. The van der Waals surface area contributed by atoms with Crippen molar-refractivity contribution in [2.45, 2.75) is 64.8 Å². The SMILES string of the molecule is CCN(CC)C(=S)S[C@@H]1C[C@@H](OC(C)=O)O[C@H](COC(C)=O)[C@H]1OC(C)=O. The molecule has 0 aromatic heterocycles. The molecule has 1 aliphatic rings. The Hall–Kier alpha value is -1.39.